The van der Waals surface area contributed by atoms with Crippen LogP contribution in [-0.4, -0.2) is 37.6 Å². The largest absolute Gasteiger partial charge is 0.488 e. The number of hydrogen-bond donors (Lipinski definition) is 2. The lowest BCUT2D eigenvalue weighted by Crippen LogP contribution is -2.34. The quantitative estimate of drug-likeness (QED) is 0.244. The van der Waals surface area contributed by atoms with Gasteiger partial charge in [-0.15, -0.1) is 0 Å². The van der Waals surface area contributed by atoms with Gasteiger partial charge >= 0.3 is 0 Å². The van der Waals surface area contributed by atoms with E-state index in [0.717, 1.165) is 64.8 Å². The molecule has 2 N–H and O–H groups in total. The summed E-state index contributed by atoms with van der Waals surface area (Å²) in [6.45, 7) is 5.22. The third kappa shape index (κ3) is 6.56. The molecule has 0 radical (unpaired) electrons. The number of fused-ring (bicyclic) bond motifs is 1. The summed E-state index contributed by atoms with van der Waals surface area (Å²) in [7, 11) is 4.14. The fraction of sp³-hybridized carbons (Fsp3) is 0.353. The minimum Gasteiger partial charge on any atom is -0.488 e. The van der Waals surface area contributed by atoms with Gasteiger partial charge in [0.25, 0.3) is 5.91 Å². The Morgan fingerprint density at radius 1 is 0.925 bits per heavy atom. The summed E-state index contributed by atoms with van der Waals surface area (Å²) in [5.74, 6) is 2.25. The van der Waals surface area contributed by atoms with Crippen molar-refractivity contribution < 1.29 is 9.53 Å². The number of nitrogens with one attached hydrogen (secondary N) is 2. The number of para-hydroxylation sites is 1. The molecule has 0 unspecified atom stereocenters. The van der Waals surface area contributed by atoms with Crippen molar-refractivity contribution in [1.82, 2.24) is 10.3 Å². The predicted octanol–water partition coefficient (Wildman–Crippen LogP) is 6.90. The van der Waals surface area contributed by atoms with E-state index in [1.54, 1.807) is 0 Å². The highest BCUT2D eigenvalue weighted by atomic mass is 16.5. The van der Waals surface area contributed by atoms with Crippen LogP contribution in [0.25, 0.3) is 10.9 Å². The molecule has 1 aliphatic rings. The Balaban J connectivity index is 1.12. The molecular formula is C34H40N4O2. The van der Waals surface area contributed by atoms with Crippen LogP contribution in [0, 0.1) is 19.8 Å². The van der Waals surface area contributed by atoms with E-state index in [-0.39, 0.29) is 5.91 Å². The Morgan fingerprint density at radius 2 is 1.60 bits per heavy atom. The second-order valence-electron chi connectivity index (χ2n) is 11.2. The van der Waals surface area contributed by atoms with Crippen LogP contribution in [0.1, 0.15) is 52.7 Å². The lowest BCUT2D eigenvalue weighted by Gasteiger charge is -2.30. The number of carbonyl (C=O) groups excluding carboxylic acids is 1. The molecule has 1 aliphatic carbocycles. The summed E-state index contributed by atoms with van der Waals surface area (Å²) in [4.78, 5) is 20.0. The normalized spacial score (nSPS) is 16.9. The molecule has 1 heterocycles. The summed E-state index contributed by atoms with van der Waals surface area (Å²) in [6.07, 6.45) is 4.29. The van der Waals surface area contributed by atoms with Crippen molar-refractivity contribution in [2.24, 2.45) is 5.92 Å². The SMILES string of the molecule is Cc1cc(C(=O)NC[C@H]2CC[C@@H](Nc3cc(N(C)C)c4ccccc4n3)CC2)cc(C)c1OCc1ccccc1. The summed E-state index contributed by atoms with van der Waals surface area (Å²) in [5, 5.41) is 8.03. The first-order chi connectivity index (χ1) is 19.4. The Morgan fingerprint density at radius 3 is 2.30 bits per heavy atom. The molecule has 6 nitrogen and oxygen atoms in total. The van der Waals surface area contributed by atoms with Crippen LogP contribution < -0.4 is 20.3 Å². The van der Waals surface area contributed by atoms with Crippen LogP contribution in [0.2, 0.25) is 0 Å². The van der Waals surface area contributed by atoms with Gasteiger partial charge < -0.3 is 20.3 Å². The zero-order valence-corrected chi connectivity index (χ0v) is 24.0. The highest BCUT2D eigenvalue weighted by Crippen LogP contribution is 2.31. The smallest absolute Gasteiger partial charge is 0.251 e. The van der Waals surface area contributed by atoms with Crippen molar-refractivity contribution in [2.75, 3.05) is 30.9 Å². The molecule has 0 spiro atoms. The van der Waals surface area contributed by atoms with Crippen LogP contribution >= 0.6 is 0 Å². The highest BCUT2D eigenvalue weighted by Gasteiger charge is 2.23. The zero-order chi connectivity index (χ0) is 28.1. The maximum absolute atomic E-state index is 13.0. The molecule has 1 saturated carbocycles. The molecule has 208 valence electrons. The van der Waals surface area contributed by atoms with E-state index < -0.39 is 0 Å². The van der Waals surface area contributed by atoms with E-state index in [9.17, 15) is 4.79 Å². The molecule has 1 amide bonds. The van der Waals surface area contributed by atoms with Crippen LogP contribution in [0.5, 0.6) is 5.75 Å². The monoisotopic (exact) mass is 536 g/mol. The summed E-state index contributed by atoms with van der Waals surface area (Å²) >= 11 is 0. The number of nitrogens with zero attached hydrogens (tertiary/aromatic N) is 2. The van der Waals surface area contributed by atoms with Gasteiger partial charge in [-0.1, -0.05) is 48.5 Å². The summed E-state index contributed by atoms with van der Waals surface area (Å²) < 4.78 is 6.09. The van der Waals surface area contributed by atoms with E-state index in [4.69, 9.17) is 9.72 Å². The lowest BCUT2D eigenvalue weighted by molar-refractivity contribution is 0.0943. The number of amides is 1. The number of carbonyl (C=O) groups is 1. The first-order valence-corrected chi connectivity index (χ1v) is 14.3. The van der Waals surface area contributed by atoms with E-state index in [1.165, 1.54) is 5.69 Å². The van der Waals surface area contributed by atoms with Crippen molar-refractivity contribution in [1.29, 1.82) is 0 Å². The molecule has 0 atom stereocenters. The number of rotatable bonds is 9. The van der Waals surface area contributed by atoms with Crippen LogP contribution in [0.4, 0.5) is 11.5 Å². The Labute approximate surface area is 237 Å². The Kier molecular flexibility index (Phi) is 8.54. The van der Waals surface area contributed by atoms with Crippen LogP contribution in [0.15, 0.2) is 72.8 Å². The maximum atomic E-state index is 13.0. The van der Waals surface area contributed by atoms with Crippen molar-refractivity contribution in [2.45, 2.75) is 52.2 Å². The third-order valence-electron chi connectivity index (χ3n) is 7.87. The molecule has 40 heavy (non-hydrogen) atoms. The van der Waals surface area contributed by atoms with Crippen molar-refractivity contribution in [3.05, 3.63) is 95.1 Å². The molecule has 1 aromatic heterocycles. The molecule has 5 rings (SSSR count). The molecule has 4 aromatic rings. The Hall–Kier alpha value is -4.06. The third-order valence-corrected chi connectivity index (χ3v) is 7.87. The fourth-order valence-corrected chi connectivity index (χ4v) is 5.70. The maximum Gasteiger partial charge on any atom is 0.251 e. The number of benzene rings is 3. The minimum absolute atomic E-state index is 0.0161. The second kappa shape index (κ2) is 12.4. The molecular weight excluding hydrogens is 496 g/mol. The average Bonchev–Trinajstić information content (AvgIpc) is 2.96. The van der Waals surface area contributed by atoms with Crippen molar-refractivity contribution in [3.63, 3.8) is 0 Å². The number of pyridine rings is 1. The fourth-order valence-electron chi connectivity index (χ4n) is 5.70. The second-order valence-corrected chi connectivity index (χ2v) is 11.2. The minimum atomic E-state index is -0.0161. The number of aryl methyl sites for hydroxylation is 2. The molecule has 0 saturated heterocycles. The molecule has 6 heteroatoms. The average molecular weight is 537 g/mol. The van der Waals surface area contributed by atoms with Gasteiger partial charge in [-0.2, -0.15) is 0 Å². The van der Waals surface area contributed by atoms with Gasteiger partial charge in [0.2, 0.25) is 0 Å². The van der Waals surface area contributed by atoms with Gasteiger partial charge in [0, 0.05) is 49.4 Å². The van der Waals surface area contributed by atoms with E-state index in [0.29, 0.717) is 30.7 Å². The lowest BCUT2D eigenvalue weighted by atomic mass is 9.86. The number of aromatic nitrogens is 1. The van der Waals surface area contributed by atoms with Crippen LogP contribution in [0.3, 0.4) is 0 Å². The summed E-state index contributed by atoms with van der Waals surface area (Å²) in [5.41, 5.74) is 5.95. The molecule has 0 aliphatic heterocycles. The number of anilines is 2. The number of hydrogen-bond acceptors (Lipinski definition) is 5. The standard InChI is InChI=1S/C34H40N4O2/c1-23-18-27(19-24(2)33(23)40-22-26-10-6-5-7-11-26)34(39)35-21-25-14-16-28(17-15-25)36-32-20-31(38(3)4)29-12-8-9-13-30(29)37-32/h5-13,18-20,25,28H,14-17,21-22H2,1-4H3,(H,35,39)(H,36,37)/t25-,28+. The number of ether oxygens (including phenoxy) is 1. The van der Waals surface area contributed by atoms with Gasteiger partial charge in [0.1, 0.15) is 18.2 Å². The van der Waals surface area contributed by atoms with Gasteiger partial charge in [-0.25, -0.2) is 4.98 Å². The van der Waals surface area contributed by atoms with E-state index in [2.05, 4.69) is 66.0 Å². The Bertz CT molecular complexity index is 1440. The van der Waals surface area contributed by atoms with E-state index in [1.807, 2.05) is 50.2 Å². The molecule has 1 fully saturated rings. The van der Waals surface area contributed by atoms with E-state index >= 15 is 0 Å². The van der Waals surface area contributed by atoms with Gasteiger partial charge in [-0.05, 0) is 80.3 Å². The first-order valence-electron chi connectivity index (χ1n) is 14.3. The van der Waals surface area contributed by atoms with Gasteiger partial charge in [0.15, 0.2) is 0 Å². The molecule has 0 bridgehead atoms. The summed E-state index contributed by atoms with van der Waals surface area (Å²) in [6, 6.07) is 24.8. The first kappa shape index (κ1) is 27.5. The van der Waals surface area contributed by atoms with Crippen LogP contribution in [-0.2, 0) is 6.61 Å². The van der Waals surface area contributed by atoms with Gasteiger partial charge in [0.05, 0.1) is 5.52 Å². The predicted molar refractivity (Wildman–Crippen MR) is 164 cm³/mol. The van der Waals surface area contributed by atoms with Gasteiger partial charge in [-0.3, -0.25) is 4.79 Å². The van der Waals surface area contributed by atoms with Crippen molar-refractivity contribution in [3.8, 4) is 5.75 Å². The highest BCUT2D eigenvalue weighted by molar-refractivity contribution is 5.95. The molecule has 3 aromatic carbocycles. The van der Waals surface area contributed by atoms with Crippen molar-refractivity contribution >= 4 is 28.3 Å². The zero-order valence-electron chi connectivity index (χ0n) is 24.0. The topological polar surface area (TPSA) is 66.5 Å².